The first-order chi connectivity index (χ1) is 14.0. The lowest BCUT2D eigenvalue weighted by Gasteiger charge is -2.35. The molecule has 6 nitrogen and oxygen atoms in total. The van der Waals surface area contributed by atoms with Crippen LogP contribution in [0.3, 0.4) is 0 Å². The smallest absolute Gasteiger partial charge is 0.266 e. The zero-order chi connectivity index (χ0) is 20.4. The number of amides is 1. The first-order valence-electron chi connectivity index (χ1n) is 9.52. The van der Waals surface area contributed by atoms with Gasteiger partial charge in [0.1, 0.15) is 5.75 Å². The molecule has 0 aliphatic carbocycles. The number of rotatable bonds is 4. The molecule has 1 aromatic heterocycles. The third-order valence-electron chi connectivity index (χ3n) is 5.24. The number of hydrogen-bond acceptors (Lipinski definition) is 5. The molecule has 1 aliphatic heterocycles. The molecule has 7 heteroatoms. The number of benzene rings is 2. The van der Waals surface area contributed by atoms with E-state index in [1.165, 1.54) is 4.90 Å². The van der Waals surface area contributed by atoms with E-state index in [4.69, 9.17) is 9.26 Å². The van der Waals surface area contributed by atoms with Crippen molar-refractivity contribution in [3.63, 3.8) is 0 Å². The maximum atomic E-state index is 15.8. The molecule has 1 atom stereocenters. The Morgan fingerprint density at radius 3 is 2.76 bits per heavy atom. The van der Waals surface area contributed by atoms with Crippen molar-refractivity contribution < 1.29 is 18.4 Å². The minimum Gasteiger partial charge on any atom is -0.497 e. The predicted octanol–water partition coefficient (Wildman–Crippen LogP) is 4.15. The summed E-state index contributed by atoms with van der Waals surface area (Å²) in [7, 11) is 1.58. The fourth-order valence-electron chi connectivity index (χ4n) is 3.64. The molecule has 0 spiro atoms. The Morgan fingerprint density at radius 1 is 1.24 bits per heavy atom. The van der Waals surface area contributed by atoms with Crippen molar-refractivity contribution in [1.29, 1.82) is 0 Å². The summed E-state index contributed by atoms with van der Waals surface area (Å²) in [5.41, 5.74) is 0.205. The van der Waals surface area contributed by atoms with E-state index in [9.17, 15) is 4.79 Å². The summed E-state index contributed by atoms with van der Waals surface area (Å²) < 4.78 is 26.2. The van der Waals surface area contributed by atoms with Crippen LogP contribution in [0.25, 0.3) is 11.4 Å². The Labute approximate surface area is 168 Å². The first kappa shape index (κ1) is 19.1. The summed E-state index contributed by atoms with van der Waals surface area (Å²) in [4.78, 5) is 18.8. The van der Waals surface area contributed by atoms with Crippen LogP contribution in [0, 0.1) is 6.92 Å². The number of halogens is 1. The number of nitrogens with zero attached hydrogens (tertiary/aromatic N) is 3. The van der Waals surface area contributed by atoms with Gasteiger partial charge in [0.25, 0.3) is 11.8 Å². The Hall–Kier alpha value is -3.22. The minimum absolute atomic E-state index is 0.0831. The SMILES string of the molecule is COc1ccc(C(=O)N2CCCC(F)(c3nc(-c4ccccc4)no3)C2)c(C)c1. The van der Waals surface area contributed by atoms with Crippen LogP contribution in [0.2, 0.25) is 0 Å². The average molecular weight is 395 g/mol. The van der Waals surface area contributed by atoms with Gasteiger partial charge in [0.2, 0.25) is 11.5 Å². The second-order valence-corrected chi connectivity index (χ2v) is 7.27. The summed E-state index contributed by atoms with van der Waals surface area (Å²) in [5.74, 6) is 0.721. The number of aromatic nitrogens is 2. The molecule has 0 radical (unpaired) electrons. The van der Waals surface area contributed by atoms with E-state index in [1.54, 1.807) is 25.3 Å². The predicted molar refractivity (Wildman–Crippen MR) is 105 cm³/mol. The number of likely N-dealkylation sites (tertiary alicyclic amines) is 1. The van der Waals surface area contributed by atoms with Gasteiger partial charge in [-0.25, -0.2) is 4.39 Å². The van der Waals surface area contributed by atoms with E-state index >= 15 is 4.39 Å². The zero-order valence-electron chi connectivity index (χ0n) is 16.4. The Morgan fingerprint density at radius 2 is 2.03 bits per heavy atom. The molecule has 0 bridgehead atoms. The summed E-state index contributed by atoms with van der Waals surface area (Å²) in [6.45, 7) is 2.20. The molecule has 2 heterocycles. The molecule has 2 aromatic carbocycles. The van der Waals surface area contributed by atoms with Crippen molar-refractivity contribution in [2.75, 3.05) is 20.2 Å². The van der Waals surface area contributed by atoms with E-state index in [1.807, 2.05) is 37.3 Å². The Balaban J connectivity index is 1.56. The van der Waals surface area contributed by atoms with E-state index in [0.717, 1.165) is 11.1 Å². The van der Waals surface area contributed by atoms with Gasteiger partial charge in [0.15, 0.2) is 0 Å². The summed E-state index contributed by atoms with van der Waals surface area (Å²) in [6.07, 6.45) is 0.745. The van der Waals surface area contributed by atoms with Crippen LogP contribution in [0.5, 0.6) is 5.75 Å². The van der Waals surface area contributed by atoms with Gasteiger partial charge in [-0.3, -0.25) is 4.79 Å². The van der Waals surface area contributed by atoms with Gasteiger partial charge < -0.3 is 14.2 Å². The molecule has 1 fully saturated rings. The highest BCUT2D eigenvalue weighted by molar-refractivity contribution is 5.96. The second kappa shape index (κ2) is 7.66. The lowest BCUT2D eigenvalue weighted by atomic mass is 9.93. The fourth-order valence-corrected chi connectivity index (χ4v) is 3.64. The second-order valence-electron chi connectivity index (χ2n) is 7.27. The molecule has 1 saturated heterocycles. The van der Waals surface area contributed by atoms with Gasteiger partial charge in [-0.1, -0.05) is 35.5 Å². The van der Waals surface area contributed by atoms with E-state index in [-0.39, 0.29) is 24.8 Å². The van der Waals surface area contributed by atoms with Gasteiger partial charge in [0.05, 0.1) is 13.7 Å². The number of aryl methyl sites for hydroxylation is 1. The molecular formula is C22H22FN3O3. The van der Waals surface area contributed by atoms with Crippen molar-refractivity contribution in [2.45, 2.75) is 25.4 Å². The van der Waals surface area contributed by atoms with Crippen molar-refractivity contribution in [3.8, 4) is 17.1 Å². The molecule has 4 rings (SSSR count). The van der Waals surface area contributed by atoms with Crippen LogP contribution < -0.4 is 4.74 Å². The normalized spacial score (nSPS) is 19.2. The summed E-state index contributed by atoms with van der Waals surface area (Å²) >= 11 is 0. The van der Waals surface area contributed by atoms with Crippen LogP contribution in [0.4, 0.5) is 4.39 Å². The number of alkyl halides is 1. The van der Waals surface area contributed by atoms with Crippen LogP contribution in [0.1, 0.15) is 34.7 Å². The molecule has 0 saturated carbocycles. The molecule has 1 amide bonds. The zero-order valence-corrected chi connectivity index (χ0v) is 16.4. The number of carbonyl (C=O) groups excluding carboxylic acids is 1. The Kier molecular flexibility index (Phi) is 5.05. The monoisotopic (exact) mass is 395 g/mol. The lowest BCUT2D eigenvalue weighted by Crippen LogP contribution is -2.46. The van der Waals surface area contributed by atoms with Crippen LogP contribution in [-0.4, -0.2) is 41.1 Å². The standard InChI is InChI=1S/C22H22FN3O3/c1-15-13-17(28-2)9-10-18(15)20(27)26-12-6-11-22(23,14-26)21-24-19(25-29-21)16-7-4-3-5-8-16/h3-5,7-10,13H,6,11-12,14H2,1-2H3. The highest BCUT2D eigenvalue weighted by atomic mass is 19.1. The van der Waals surface area contributed by atoms with Crippen LogP contribution in [0.15, 0.2) is 53.1 Å². The number of ether oxygens (including phenoxy) is 1. The number of methoxy groups -OCH3 is 1. The van der Waals surface area contributed by atoms with Crippen LogP contribution >= 0.6 is 0 Å². The molecule has 3 aromatic rings. The number of carbonyl (C=O) groups is 1. The first-order valence-corrected chi connectivity index (χ1v) is 9.52. The molecular weight excluding hydrogens is 373 g/mol. The Bertz CT molecular complexity index is 1020. The molecule has 0 N–H and O–H groups in total. The molecule has 150 valence electrons. The topological polar surface area (TPSA) is 68.5 Å². The van der Waals surface area contributed by atoms with E-state index < -0.39 is 5.67 Å². The fraction of sp³-hybridized carbons (Fsp3) is 0.318. The van der Waals surface area contributed by atoms with E-state index in [0.29, 0.717) is 30.1 Å². The maximum absolute atomic E-state index is 15.8. The quantitative estimate of drug-likeness (QED) is 0.664. The number of hydrogen-bond donors (Lipinski definition) is 0. The highest BCUT2D eigenvalue weighted by Crippen LogP contribution is 2.36. The maximum Gasteiger partial charge on any atom is 0.266 e. The van der Waals surface area contributed by atoms with Gasteiger partial charge in [-0.15, -0.1) is 0 Å². The number of piperidine rings is 1. The van der Waals surface area contributed by atoms with Crippen molar-refractivity contribution in [1.82, 2.24) is 15.0 Å². The highest BCUT2D eigenvalue weighted by Gasteiger charge is 2.44. The minimum atomic E-state index is -1.87. The summed E-state index contributed by atoms with van der Waals surface area (Å²) in [6, 6.07) is 14.5. The van der Waals surface area contributed by atoms with Crippen molar-refractivity contribution >= 4 is 5.91 Å². The third kappa shape index (κ3) is 3.72. The average Bonchev–Trinajstić information content (AvgIpc) is 3.25. The van der Waals surface area contributed by atoms with E-state index in [2.05, 4.69) is 10.1 Å². The summed E-state index contributed by atoms with van der Waals surface area (Å²) in [5, 5.41) is 3.92. The molecule has 29 heavy (non-hydrogen) atoms. The molecule has 1 unspecified atom stereocenters. The van der Waals surface area contributed by atoms with Crippen LogP contribution in [-0.2, 0) is 5.67 Å². The van der Waals surface area contributed by atoms with Gasteiger partial charge in [-0.2, -0.15) is 4.98 Å². The van der Waals surface area contributed by atoms with Crippen molar-refractivity contribution in [3.05, 3.63) is 65.5 Å². The molecule has 1 aliphatic rings. The van der Waals surface area contributed by atoms with Gasteiger partial charge in [-0.05, 0) is 43.5 Å². The van der Waals surface area contributed by atoms with Gasteiger partial charge in [0, 0.05) is 17.7 Å². The third-order valence-corrected chi connectivity index (χ3v) is 5.24. The van der Waals surface area contributed by atoms with Crippen molar-refractivity contribution in [2.24, 2.45) is 0 Å². The largest absolute Gasteiger partial charge is 0.497 e. The lowest BCUT2D eigenvalue weighted by molar-refractivity contribution is 0.0152. The van der Waals surface area contributed by atoms with Gasteiger partial charge >= 0.3 is 0 Å².